The predicted molar refractivity (Wildman–Crippen MR) is 99.1 cm³/mol. The van der Waals surface area contributed by atoms with E-state index in [2.05, 4.69) is 38.1 Å². The van der Waals surface area contributed by atoms with Crippen LogP contribution in [0.4, 0.5) is 0 Å². The third-order valence-corrected chi connectivity index (χ3v) is 4.60. The Bertz CT molecular complexity index is 676. The fourth-order valence-electron chi connectivity index (χ4n) is 1.66. The lowest BCUT2D eigenvalue weighted by Crippen LogP contribution is -2.27. The van der Waals surface area contributed by atoms with Gasteiger partial charge in [0, 0.05) is 9.77 Å². The first-order chi connectivity index (χ1) is 10.6. The maximum Gasteiger partial charge on any atom is 0.253 e. The average molecular weight is 425 g/mol. The Kier molecular flexibility index (Phi) is 6.38. The summed E-state index contributed by atoms with van der Waals surface area (Å²) in [4.78, 5) is 16.3. The molecule has 0 radical (unpaired) electrons. The Morgan fingerprint density at radius 2 is 2.14 bits per heavy atom. The van der Waals surface area contributed by atoms with Gasteiger partial charge in [-0.05, 0) is 66.3 Å². The summed E-state index contributed by atoms with van der Waals surface area (Å²) in [7, 11) is 0. The summed E-state index contributed by atoms with van der Waals surface area (Å²) < 4.78 is 1.13. The van der Waals surface area contributed by atoms with Gasteiger partial charge in [-0.2, -0.15) is 5.10 Å². The van der Waals surface area contributed by atoms with Crippen molar-refractivity contribution in [3.05, 3.63) is 57.8 Å². The highest BCUT2D eigenvalue weighted by atomic mass is 127. The van der Waals surface area contributed by atoms with Crippen LogP contribution in [0.2, 0.25) is 0 Å². The van der Waals surface area contributed by atoms with Crippen molar-refractivity contribution in [2.24, 2.45) is 5.10 Å². The number of rotatable bonds is 5. The molecule has 1 unspecified atom stereocenters. The Morgan fingerprint density at radius 3 is 2.82 bits per heavy atom. The van der Waals surface area contributed by atoms with Crippen LogP contribution in [0.1, 0.15) is 19.4 Å². The number of aromatic nitrogens is 1. The van der Waals surface area contributed by atoms with Crippen LogP contribution in [-0.2, 0) is 4.79 Å². The summed E-state index contributed by atoms with van der Waals surface area (Å²) in [6.45, 7) is 3.72. The maximum atomic E-state index is 12.1. The number of pyridine rings is 1. The van der Waals surface area contributed by atoms with Gasteiger partial charge < -0.3 is 0 Å². The van der Waals surface area contributed by atoms with Gasteiger partial charge in [0.25, 0.3) is 5.91 Å². The first-order valence-corrected chi connectivity index (χ1v) is 8.70. The molecule has 114 valence electrons. The highest BCUT2D eigenvalue weighted by molar-refractivity contribution is 14.1. The summed E-state index contributed by atoms with van der Waals surface area (Å²) >= 11 is 3.66. The van der Waals surface area contributed by atoms with E-state index in [1.165, 1.54) is 11.8 Å². The summed E-state index contributed by atoms with van der Waals surface area (Å²) in [5.41, 5.74) is 4.40. The van der Waals surface area contributed by atoms with Crippen molar-refractivity contribution in [1.29, 1.82) is 0 Å². The van der Waals surface area contributed by atoms with Crippen molar-refractivity contribution in [1.82, 2.24) is 10.4 Å². The molecule has 0 spiro atoms. The summed E-state index contributed by atoms with van der Waals surface area (Å²) in [6.07, 6.45) is 1.71. The zero-order chi connectivity index (χ0) is 15.9. The highest BCUT2D eigenvalue weighted by Gasteiger charge is 2.14. The van der Waals surface area contributed by atoms with Crippen LogP contribution < -0.4 is 5.43 Å². The first kappa shape index (κ1) is 17.0. The molecule has 0 saturated carbocycles. The molecule has 0 aliphatic carbocycles. The molecule has 1 aromatic carbocycles. The molecule has 1 amide bonds. The van der Waals surface area contributed by atoms with Crippen LogP contribution in [-0.4, -0.2) is 21.9 Å². The number of carbonyl (C=O) groups excluding carboxylic acids is 1. The summed E-state index contributed by atoms with van der Waals surface area (Å²) in [5.74, 6) is -0.138. The maximum absolute atomic E-state index is 12.1. The molecule has 2 aromatic rings. The molecule has 0 fully saturated rings. The molecule has 4 nitrogen and oxygen atoms in total. The number of nitrogens with zero attached hydrogens (tertiary/aromatic N) is 2. The second-order valence-electron chi connectivity index (χ2n) is 4.61. The smallest absolute Gasteiger partial charge is 0.253 e. The van der Waals surface area contributed by atoms with Gasteiger partial charge in [-0.25, -0.2) is 10.4 Å². The molecule has 0 aliphatic heterocycles. The number of benzene rings is 1. The van der Waals surface area contributed by atoms with E-state index in [0.29, 0.717) is 0 Å². The Labute approximate surface area is 147 Å². The van der Waals surface area contributed by atoms with E-state index in [-0.39, 0.29) is 11.2 Å². The Morgan fingerprint density at radius 1 is 1.32 bits per heavy atom. The van der Waals surface area contributed by atoms with Crippen molar-refractivity contribution in [3.63, 3.8) is 0 Å². The summed E-state index contributed by atoms with van der Waals surface area (Å²) in [5, 5.41) is 4.74. The summed E-state index contributed by atoms with van der Waals surface area (Å²) in [6, 6.07) is 13.6. The lowest BCUT2D eigenvalue weighted by molar-refractivity contribution is -0.120. The normalized spacial score (nSPS) is 12.8. The van der Waals surface area contributed by atoms with E-state index >= 15 is 0 Å². The highest BCUT2D eigenvalue weighted by Crippen LogP contribution is 2.20. The number of hydrogen-bond acceptors (Lipinski definition) is 4. The average Bonchev–Trinajstić information content (AvgIpc) is 2.53. The fraction of sp³-hybridized carbons (Fsp3) is 0.188. The fourth-order valence-corrected chi connectivity index (χ4v) is 3.00. The third kappa shape index (κ3) is 5.10. The standard InChI is InChI=1S/C16H16IN3OS/c1-11(13-6-5-7-14(17)10-13)19-20-16(21)12(2)22-15-8-3-4-9-18-15/h3-10,12H,1-2H3,(H,20,21)/b19-11+. The van der Waals surface area contributed by atoms with Gasteiger partial charge in [0.2, 0.25) is 0 Å². The van der Waals surface area contributed by atoms with Crippen LogP contribution in [0.5, 0.6) is 0 Å². The topological polar surface area (TPSA) is 54.4 Å². The third-order valence-electron chi connectivity index (χ3n) is 2.88. The quantitative estimate of drug-likeness (QED) is 0.344. The van der Waals surface area contributed by atoms with E-state index in [1.54, 1.807) is 6.20 Å². The van der Waals surface area contributed by atoms with Gasteiger partial charge in [0.1, 0.15) is 0 Å². The van der Waals surface area contributed by atoms with Crippen LogP contribution in [0, 0.1) is 3.57 Å². The number of nitrogens with one attached hydrogen (secondary N) is 1. The second-order valence-corrected chi connectivity index (χ2v) is 7.22. The van der Waals surface area contributed by atoms with Crippen molar-refractivity contribution in [2.75, 3.05) is 0 Å². The zero-order valence-electron chi connectivity index (χ0n) is 12.3. The number of amides is 1. The predicted octanol–water partition coefficient (Wildman–Crippen LogP) is 3.71. The largest absolute Gasteiger partial charge is 0.272 e. The van der Waals surface area contributed by atoms with Crippen molar-refractivity contribution in [2.45, 2.75) is 24.1 Å². The molecular weight excluding hydrogens is 409 g/mol. The monoisotopic (exact) mass is 425 g/mol. The number of hydrazone groups is 1. The van der Waals surface area contributed by atoms with E-state index in [9.17, 15) is 4.79 Å². The minimum atomic E-state index is -0.262. The molecule has 1 heterocycles. The number of hydrogen-bond donors (Lipinski definition) is 1. The van der Waals surface area contributed by atoms with Crippen LogP contribution in [0.15, 0.2) is 58.8 Å². The Hall–Kier alpha value is -1.41. The minimum Gasteiger partial charge on any atom is -0.272 e. The van der Waals surface area contributed by atoms with Crippen LogP contribution >= 0.6 is 34.4 Å². The molecular formula is C16H16IN3OS. The van der Waals surface area contributed by atoms with Gasteiger partial charge in [-0.15, -0.1) is 0 Å². The number of carbonyl (C=O) groups is 1. The van der Waals surface area contributed by atoms with E-state index < -0.39 is 0 Å². The molecule has 6 heteroatoms. The van der Waals surface area contributed by atoms with E-state index in [4.69, 9.17) is 0 Å². The number of halogens is 1. The van der Waals surface area contributed by atoms with Crippen molar-refractivity contribution < 1.29 is 4.79 Å². The van der Waals surface area contributed by atoms with Gasteiger partial charge in [0.15, 0.2) is 0 Å². The van der Waals surface area contributed by atoms with Crippen LogP contribution in [0.25, 0.3) is 0 Å². The Balaban J connectivity index is 1.95. The molecule has 2 rings (SSSR count). The van der Waals surface area contributed by atoms with E-state index in [1.807, 2.05) is 56.3 Å². The van der Waals surface area contributed by atoms with Gasteiger partial charge in [-0.1, -0.05) is 30.0 Å². The molecule has 0 saturated heterocycles. The molecule has 1 atom stereocenters. The molecule has 0 aliphatic rings. The van der Waals surface area contributed by atoms with Gasteiger partial charge in [0.05, 0.1) is 16.0 Å². The first-order valence-electron chi connectivity index (χ1n) is 6.74. The van der Waals surface area contributed by atoms with E-state index in [0.717, 1.165) is 19.9 Å². The van der Waals surface area contributed by atoms with Gasteiger partial charge in [-0.3, -0.25) is 4.79 Å². The molecule has 1 aromatic heterocycles. The van der Waals surface area contributed by atoms with Gasteiger partial charge >= 0.3 is 0 Å². The zero-order valence-corrected chi connectivity index (χ0v) is 15.3. The molecule has 22 heavy (non-hydrogen) atoms. The SMILES string of the molecule is C/C(=N\NC(=O)C(C)Sc1ccccn1)c1cccc(I)c1. The second kappa shape index (κ2) is 8.28. The lowest BCUT2D eigenvalue weighted by Gasteiger charge is -2.09. The molecule has 1 N–H and O–H groups in total. The van der Waals surface area contributed by atoms with Crippen LogP contribution in [0.3, 0.4) is 0 Å². The molecule has 0 bridgehead atoms. The minimum absolute atomic E-state index is 0.138. The number of thioether (sulfide) groups is 1. The van der Waals surface area contributed by atoms with Crippen molar-refractivity contribution in [3.8, 4) is 0 Å². The van der Waals surface area contributed by atoms with Crippen molar-refractivity contribution >= 4 is 46.0 Å². The lowest BCUT2D eigenvalue weighted by atomic mass is 10.1.